The molecule has 1 aromatic carbocycles. The number of hydrogen-bond acceptors (Lipinski definition) is 2. The molecule has 0 aromatic heterocycles. The molecule has 0 amide bonds. The molecule has 0 radical (unpaired) electrons. The third kappa shape index (κ3) is 2.16. The Labute approximate surface area is 81.9 Å². The molecule has 1 atom stereocenters. The summed E-state index contributed by atoms with van der Waals surface area (Å²) in [5.74, 6) is -0.352. The van der Waals surface area contributed by atoms with Crippen molar-refractivity contribution in [3.05, 3.63) is 28.2 Å². The van der Waals surface area contributed by atoms with Crippen LogP contribution in [0.5, 0.6) is 5.75 Å². The fourth-order valence-electron chi connectivity index (χ4n) is 0.906. The Morgan fingerprint density at radius 3 is 2.46 bits per heavy atom. The molecule has 0 heterocycles. The Morgan fingerprint density at radius 2 is 1.92 bits per heavy atom. The van der Waals surface area contributed by atoms with Gasteiger partial charge in [-0.1, -0.05) is 12.1 Å². The van der Waals surface area contributed by atoms with Crippen LogP contribution < -0.4 is 0 Å². The van der Waals surface area contributed by atoms with Crippen molar-refractivity contribution >= 4 is 15.9 Å². The summed E-state index contributed by atoms with van der Waals surface area (Å²) >= 11 is 2.96. The molecular weight excluding hydrogens is 246 g/mol. The van der Waals surface area contributed by atoms with Gasteiger partial charge in [0.1, 0.15) is 11.9 Å². The number of aromatic hydroxyl groups is 1. The molecule has 0 aliphatic rings. The normalized spacial score (nSPS) is 13.3. The zero-order valence-corrected chi connectivity index (χ0v) is 8.00. The van der Waals surface area contributed by atoms with Gasteiger partial charge in [0.2, 0.25) is 0 Å². The Balaban J connectivity index is 3.07. The van der Waals surface area contributed by atoms with Gasteiger partial charge >= 0.3 is 0 Å². The van der Waals surface area contributed by atoms with Gasteiger partial charge in [0.05, 0.1) is 4.47 Å². The summed E-state index contributed by atoms with van der Waals surface area (Å²) in [5, 5.41) is 18.2. The zero-order valence-electron chi connectivity index (χ0n) is 6.42. The number of aliphatic hydroxyl groups excluding tert-OH is 1. The molecule has 2 N–H and O–H groups in total. The van der Waals surface area contributed by atoms with E-state index in [2.05, 4.69) is 15.9 Å². The van der Waals surface area contributed by atoms with E-state index in [0.29, 0.717) is 0 Å². The van der Waals surface area contributed by atoms with E-state index in [1.165, 1.54) is 18.2 Å². The summed E-state index contributed by atoms with van der Waals surface area (Å²) in [7, 11) is 0. The van der Waals surface area contributed by atoms with Crippen LogP contribution in [0.25, 0.3) is 0 Å². The van der Waals surface area contributed by atoms with Gasteiger partial charge in [-0.2, -0.15) is 0 Å². The lowest BCUT2D eigenvalue weighted by Gasteiger charge is -2.11. The summed E-state index contributed by atoms with van der Waals surface area (Å²) in [6.07, 6.45) is -4.85. The van der Waals surface area contributed by atoms with Crippen molar-refractivity contribution in [1.82, 2.24) is 0 Å². The first kappa shape index (κ1) is 10.4. The minimum atomic E-state index is -2.90. The van der Waals surface area contributed by atoms with Gasteiger partial charge in [0.25, 0.3) is 6.43 Å². The maximum absolute atomic E-state index is 12.0. The number of alkyl halides is 2. The quantitative estimate of drug-likeness (QED) is 0.849. The SMILES string of the molecule is Oc1c(Br)cccc1C(O)C(F)F. The number of rotatable bonds is 2. The van der Waals surface area contributed by atoms with Crippen LogP contribution in [0.15, 0.2) is 22.7 Å². The highest BCUT2D eigenvalue weighted by Crippen LogP contribution is 2.33. The minimum absolute atomic E-state index is 0.177. The summed E-state index contributed by atoms with van der Waals surface area (Å²) in [4.78, 5) is 0. The van der Waals surface area contributed by atoms with Gasteiger partial charge in [-0.05, 0) is 22.0 Å². The van der Waals surface area contributed by atoms with E-state index >= 15 is 0 Å². The largest absolute Gasteiger partial charge is 0.506 e. The Morgan fingerprint density at radius 1 is 1.31 bits per heavy atom. The standard InChI is InChI=1S/C8H7BrF2O2/c9-5-3-1-2-4(6(5)12)7(13)8(10)11/h1-3,7-8,12-13H. The number of aliphatic hydroxyl groups is 1. The van der Waals surface area contributed by atoms with E-state index in [9.17, 15) is 13.9 Å². The molecule has 0 saturated carbocycles. The van der Waals surface area contributed by atoms with Crippen molar-refractivity contribution in [3.8, 4) is 5.75 Å². The van der Waals surface area contributed by atoms with Crippen LogP contribution in [-0.2, 0) is 0 Å². The van der Waals surface area contributed by atoms with Gasteiger partial charge in [-0.25, -0.2) is 8.78 Å². The molecule has 1 aromatic rings. The highest BCUT2D eigenvalue weighted by molar-refractivity contribution is 9.10. The van der Waals surface area contributed by atoms with Gasteiger partial charge in [0, 0.05) is 5.56 Å². The number of benzene rings is 1. The first-order chi connectivity index (χ1) is 6.04. The Hall–Kier alpha value is -0.680. The third-order valence-corrected chi connectivity index (χ3v) is 2.22. The van der Waals surface area contributed by atoms with Crippen LogP contribution in [0.4, 0.5) is 8.78 Å². The number of halogens is 3. The fraction of sp³-hybridized carbons (Fsp3) is 0.250. The lowest BCUT2D eigenvalue weighted by Crippen LogP contribution is -2.08. The molecule has 0 spiro atoms. The average Bonchev–Trinajstić information content (AvgIpc) is 2.08. The summed E-state index contributed by atoms with van der Waals surface area (Å²) < 4.78 is 24.4. The molecule has 0 fully saturated rings. The molecule has 0 saturated heterocycles. The first-order valence-electron chi connectivity index (χ1n) is 3.47. The number of phenolic OH excluding ortho intramolecular Hbond substituents is 1. The van der Waals surface area contributed by atoms with E-state index < -0.39 is 12.5 Å². The second kappa shape index (κ2) is 4.02. The van der Waals surface area contributed by atoms with Crippen LogP contribution in [0.1, 0.15) is 11.7 Å². The van der Waals surface area contributed by atoms with Crippen molar-refractivity contribution in [3.63, 3.8) is 0 Å². The van der Waals surface area contributed by atoms with Crippen molar-refractivity contribution in [2.24, 2.45) is 0 Å². The molecule has 0 bridgehead atoms. The van der Waals surface area contributed by atoms with Crippen molar-refractivity contribution in [2.45, 2.75) is 12.5 Å². The maximum atomic E-state index is 12.0. The molecule has 1 rings (SSSR count). The summed E-state index contributed by atoms with van der Waals surface area (Å²) in [6.45, 7) is 0. The average molecular weight is 253 g/mol. The second-order valence-electron chi connectivity index (χ2n) is 2.46. The lowest BCUT2D eigenvalue weighted by molar-refractivity contribution is -0.00702. The highest BCUT2D eigenvalue weighted by Gasteiger charge is 2.22. The third-order valence-electron chi connectivity index (χ3n) is 1.58. The minimum Gasteiger partial charge on any atom is -0.506 e. The lowest BCUT2D eigenvalue weighted by atomic mass is 10.1. The topological polar surface area (TPSA) is 40.5 Å². The number of hydrogen-bond donors (Lipinski definition) is 2. The van der Waals surface area contributed by atoms with E-state index in [-0.39, 0.29) is 15.8 Å². The van der Waals surface area contributed by atoms with Crippen molar-refractivity contribution < 1.29 is 19.0 Å². The van der Waals surface area contributed by atoms with E-state index in [0.717, 1.165) is 0 Å². The highest BCUT2D eigenvalue weighted by atomic mass is 79.9. The smallest absolute Gasteiger partial charge is 0.268 e. The second-order valence-corrected chi connectivity index (χ2v) is 3.31. The van der Waals surface area contributed by atoms with Crippen LogP contribution in [0.3, 0.4) is 0 Å². The maximum Gasteiger partial charge on any atom is 0.268 e. The molecule has 72 valence electrons. The van der Waals surface area contributed by atoms with Gasteiger partial charge in [-0.3, -0.25) is 0 Å². The molecule has 2 nitrogen and oxygen atoms in total. The monoisotopic (exact) mass is 252 g/mol. The molecule has 0 aliphatic carbocycles. The summed E-state index contributed by atoms with van der Waals surface area (Å²) in [6, 6.07) is 4.21. The van der Waals surface area contributed by atoms with Crippen LogP contribution in [0, 0.1) is 0 Å². The van der Waals surface area contributed by atoms with Crippen molar-refractivity contribution in [2.75, 3.05) is 0 Å². The van der Waals surface area contributed by atoms with E-state index in [4.69, 9.17) is 5.11 Å². The first-order valence-corrected chi connectivity index (χ1v) is 4.27. The van der Waals surface area contributed by atoms with Crippen LogP contribution in [0.2, 0.25) is 0 Å². The number of phenols is 1. The molecular formula is C8H7BrF2O2. The molecule has 5 heteroatoms. The Bertz CT molecular complexity index is 304. The number of para-hydroxylation sites is 1. The van der Waals surface area contributed by atoms with Crippen LogP contribution >= 0.6 is 15.9 Å². The van der Waals surface area contributed by atoms with Gasteiger partial charge in [-0.15, -0.1) is 0 Å². The molecule has 13 heavy (non-hydrogen) atoms. The van der Waals surface area contributed by atoms with Gasteiger partial charge in [0.15, 0.2) is 0 Å². The zero-order chi connectivity index (χ0) is 10.0. The van der Waals surface area contributed by atoms with Crippen molar-refractivity contribution in [1.29, 1.82) is 0 Å². The van der Waals surface area contributed by atoms with Gasteiger partial charge < -0.3 is 10.2 Å². The summed E-state index contributed by atoms with van der Waals surface area (Å²) in [5.41, 5.74) is -0.177. The molecule has 0 aliphatic heterocycles. The predicted molar refractivity (Wildman–Crippen MR) is 46.8 cm³/mol. The predicted octanol–water partition coefficient (Wildman–Crippen LogP) is 2.45. The van der Waals surface area contributed by atoms with E-state index in [1.807, 2.05) is 0 Å². The molecule has 1 unspecified atom stereocenters. The van der Waals surface area contributed by atoms with E-state index in [1.54, 1.807) is 0 Å². The van der Waals surface area contributed by atoms with Crippen LogP contribution in [-0.4, -0.2) is 16.6 Å². The fourth-order valence-corrected chi connectivity index (χ4v) is 1.29. The Kier molecular flexibility index (Phi) is 3.22.